The summed E-state index contributed by atoms with van der Waals surface area (Å²) in [6.07, 6.45) is 7.09. The van der Waals surface area contributed by atoms with Gasteiger partial charge >= 0.3 is 0 Å². The van der Waals surface area contributed by atoms with Crippen molar-refractivity contribution in [3.8, 4) is 17.1 Å². The molecule has 0 unspecified atom stereocenters. The minimum atomic E-state index is 0.514. The average Bonchev–Trinajstić information content (AvgIpc) is 3.08. The van der Waals surface area contributed by atoms with Gasteiger partial charge in [-0.3, -0.25) is 4.40 Å². The first-order chi connectivity index (χ1) is 12.3. The van der Waals surface area contributed by atoms with Crippen LogP contribution in [0.25, 0.3) is 17.2 Å². The van der Waals surface area contributed by atoms with E-state index in [1.54, 1.807) is 18.6 Å². The Balaban J connectivity index is 1.61. The molecule has 0 fully saturated rings. The highest BCUT2D eigenvalue weighted by atomic mass is 16.5. The SMILES string of the molecule is CCOc1ccc(Nc2nccc(-c3cnc4ncccn34)n2)cc1. The Morgan fingerprint density at radius 1 is 1.04 bits per heavy atom. The van der Waals surface area contributed by atoms with Crippen molar-refractivity contribution in [1.29, 1.82) is 0 Å². The number of hydrogen-bond donors (Lipinski definition) is 1. The molecule has 124 valence electrons. The number of aromatic nitrogens is 5. The second kappa shape index (κ2) is 6.56. The third-order valence-electron chi connectivity index (χ3n) is 3.63. The van der Waals surface area contributed by atoms with Crippen LogP contribution in [-0.2, 0) is 0 Å². The Kier molecular flexibility index (Phi) is 3.96. The van der Waals surface area contributed by atoms with E-state index < -0.39 is 0 Å². The van der Waals surface area contributed by atoms with Crippen LogP contribution in [0.2, 0.25) is 0 Å². The number of benzene rings is 1. The largest absolute Gasteiger partial charge is 0.494 e. The van der Waals surface area contributed by atoms with Crippen molar-refractivity contribution >= 4 is 17.4 Å². The zero-order chi connectivity index (χ0) is 17.1. The fourth-order valence-corrected chi connectivity index (χ4v) is 2.51. The average molecular weight is 332 g/mol. The molecule has 0 atom stereocenters. The van der Waals surface area contributed by atoms with E-state index in [0.717, 1.165) is 22.8 Å². The molecule has 1 N–H and O–H groups in total. The maximum atomic E-state index is 5.45. The van der Waals surface area contributed by atoms with Crippen LogP contribution in [0.15, 0.2) is 61.2 Å². The van der Waals surface area contributed by atoms with Crippen molar-refractivity contribution in [2.45, 2.75) is 6.92 Å². The summed E-state index contributed by atoms with van der Waals surface area (Å²) in [5, 5.41) is 3.20. The van der Waals surface area contributed by atoms with E-state index in [4.69, 9.17) is 4.74 Å². The summed E-state index contributed by atoms with van der Waals surface area (Å²) < 4.78 is 7.34. The molecule has 0 radical (unpaired) electrons. The van der Waals surface area contributed by atoms with E-state index >= 15 is 0 Å². The summed E-state index contributed by atoms with van der Waals surface area (Å²) >= 11 is 0. The number of rotatable bonds is 5. The zero-order valence-electron chi connectivity index (χ0n) is 13.6. The molecule has 7 nitrogen and oxygen atoms in total. The Labute approximate surface area is 144 Å². The molecular formula is C18H16N6O. The molecule has 0 aliphatic heterocycles. The number of anilines is 2. The van der Waals surface area contributed by atoms with Gasteiger partial charge in [0, 0.05) is 24.3 Å². The molecule has 1 aromatic carbocycles. The molecule has 3 aromatic heterocycles. The first kappa shape index (κ1) is 15.1. The van der Waals surface area contributed by atoms with Gasteiger partial charge in [-0.1, -0.05) is 0 Å². The van der Waals surface area contributed by atoms with Crippen LogP contribution in [0.3, 0.4) is 0 Å². The van der Waals surface area contributed by atoms with Gasteiger partial charge in [0.25, 0.3) is 0 Å². The van der Waals surface area contributed by atoms with Crippen molar-refractivity contribution < 1.29 is 4.74 Å². The van der Waals surface area contributed by atoms with Crippen LogP contribution in [0.1, 0.15) is 6.92 Å². The molecular weight excluding hydrogens is 316 g/mol. The zero-order valence-corrected chi connectivity index (χ0v) is 13.6. The number of ether oxygens (including phenoxy) is 1. The quantitative estimate of drug-likeness (QED) is 0.604. The van der Waals surface area contributed by atoms with Gasteiger partial charge in [0.15, 0.2) is 0 Å². The summed E-state index contributed by atoms with van der Waals surface area (Å²) in [6.45, 7) is 2.60. The lowest BCUT2D eigenvalue weighted by Crippen LogP contribution is -1.99. The standard InChI is InChI=1S/C18H16N6O/c1-2-25-14-6-4-13(5-7-14)22-17-19-10-8-15(23-17)16-12-21-18-20-9-3-11-24(16)18/h3-12H,2H2,1H3,(H,19,22,23). The smallest absolute Gasteiger partial charge is 0.234 e. The lowest BCUT2D eigenvalue weighted by molar-refractivity contribution is 0.340. The summed E-state index contributed by atoms with van der Waals surface area (Å²) in [7, 11) is 0. The van der Waals surface area contributed by atoms with Crippen LogP contribution >= 0.6 is 0 Å². The van der Waals surface area contributed by atoms with Crippen LogP contribution in [0.5, 0.6) is 5.75 Å². The van der Waals surface area contributed by atoms with Gasteiger partial charge < -0.3 is 10.1 Å². The van der Waals surface area contributed by atoms with Gasteiger partial charge in [-0.05, 0) is 43.3 Å². The van der Waals surface area contributed by atoms with Gasteiger partial charge in [-0.15, -0.1) is 0 Å². The maximum absolute atomic E-state index is 5.45. The first-order valence-electron chi connectivity index (χ1n) is 7.95. The van der Waals surface area contributed by atoms with E-state index in [1.165, 1.54) is 0 Å². The molecule has 4 aromatic rings. The van der Waals surface area contributed by atoms with Crippen molar-refractivity contribution in [2.75, 3.05) is 11.9 Å². The summed E-state index contributed by atoms with van der Waals surface area (Å²) in [4.78, 5) is 17.4. The Hall–Kier alpha value is -3.48. The predicted molar refractivity (Wildman–Crippen MR) is 94.9 cm³/mol. The maximum Gasteiger partial charge on any atom is 0.234 e. The Morgan fingerprint density at radius 2 is 1.92 bits per heavy atom. The number of imidazole rings is 1. The van der Waals surface area contributed by atoms with Crippen LogP contribution in [0, 0.1) is 0 Å². The molecule has 7 heteroatoms. The van der Waals surface area contributed by atoms with Crippen molar-refractivity contribution in [3.63, 3.8) is 0 Å². The Morgan fingerprint density at radius 3 is 2.76 bits per heavy atom. The fourth-order valence-electron chi connectivity index (χ4n) is 2.51. The van der Waals surface area contributed by atoms with Crippen molar-refractivity contribution in [2.24, 2.45) is 0 Å². The van der Waals surface area contributed by atoms with Crippen LogP contribution < -0.4 is 10.1 Å². The third-order valence-corrected chi connectivity index (χ3v) is 3.63. The van der Waals surface area contributed by atoms with Crippen molar-refractivity contribution in [1.82, 2.24) is 24.3 Å². The molecule has 0 spiro atoms. The van der Waals surface area contributed by atoms with Gasteiger partial charge in [-0.25, -0.2) is 19.9 Å². The topological polar surface area (TPSA) is 77.2 Å². The molecule has 0 amide bonds. The van der Waals surface area contributed by atoms with Crippen molar-refractivity contribution in [3.05, 3.63) is 61.2 Å². The normalized spacial score (nSPS) is 10.8. The number of fused-ring (bicyclic) bond motifs is 1. The van der Waals surface area contributed by atoms with E-state index in [1.807, 2.05) is 53.9 Å². The van der Waals surface area contributed by atoms with E-state index in [-0.39, 0.29) is 0 Å². The number of hydrogen-bond acceptors (Lipinski definition) is 6. The van der Waals surface area contributed by atoms with E-state index in [9.17, 15) is 0 Å². The predicted octanol–water partition coefficient (Wildman–Crippen LogP) is 3.33. The minimum Gasteiger partial charge on any atom is -0.494 e. The molecule has 0 saturated carbocycles. The summed E-state index contributed by atoms with van der Waals surface area (Å²) in [5.41, 5.74) is 2.52. The molecule has 0 aliphatic carbocycles. The van der Waals surface area contributed by atoms with Crippen LogP contribution in [-0.4, -0.2) is 30.9 Å². The molecule has 25 heavy (non-hydrogen) atoms. The van der Waals surface area contributed by atoms with E-state index in [2.05, 4.69) is 25.3 Å². The number of nitrogens with one attached hydrogen (secondary N) is 1. The fraction of sp³-hybridized carbons (Fsp3) is 0.111. The highest BCUT2D eigenvalue weighted by molar-refractivity contribution is 5.61. The molecule has 0 saturated heterocycles. The van der Waals surface area contributed by atoms with E-state index in [0.29, 0.717) is 18.3 Å². The monoisotopic (exact) mass is 332 g/mol. The van der Waals surface area contributed by atoms with Gasteiger partial charge in [0.05, 0.1) is 24.2 Å². The first-order valence-corrected chi connectivity index (χ1v) is 7.95. The molecule has 0 bridgehead atoms. The second-order valence-electron chi connectivity index (χ2n) is 5.28. The lowest BCUT2D eigenvalue weighted by atomic mass is 10.3. The van der Waals surface area contributed by atoms with Gasteiger partial charge in [-0.2, -0.15) is 0 Å². The number of nitrogens with zero attached hydrogens (tertiary/aromatic N) is 5. The lowest BCUT2D eigenvalue weighted by Gasteiger charge is -2.08. The highest BCUT2D eigenvalue weighted by Crippen LogP contribution is 2.21. The second-order valence-corrected chi connectivity index (χ2v) is 5.28. The molecule has 4 rings (SSSR count). The van der Waals surface area contributed by atoms with Crippen LogP contribution in [0.4, 0.5) is 11.6 Å². The third kappa shape index (κ3) is 3.12. The van der Waals surface area contributed by atoms with Gasteiger partial charge in [0.2, 0.25) is 11.7 Å². The summed E-state index contributed by atoms with van der Waals surface area (Å²) in [5.74, 6) is 1.98. The Bertz CT molecular complexity index is 996. The van der Waals surface area contributed by atoms with Gasteiger partial charge in [0.1, 0.15) is 5.75 Å². The minimum absolute atomic E-state index is 0.514. The summed E-state index contributed by atoms with van der Waals surface area (Å²) in [6, 6.07) is 11.4. The molecule has 3 heterocycles. The molecule has 0 aliphatic rings. The highest BCUT2D eigenvalue weighted by Gasteiger charge is 2.09.